The predicted octanol–water partition coefficient (Wildman–Crippen LogP) is 0.0857. The van der Waals surface area contributed by atoms with Crippen molar-refractivity contribution in [2.24, 2.45) is 0 Å². The van der Waals surface area contributed by atoms with Gasteiger partial charge in [0.2, 0.25) is 0 Å². The fourth-order valence-corrected chi connectivity index (χ4v) is 0.885. The average molecular weight is 266 g/mol. The van der Waals surface area contributed by atoms with Crippen LogP contribution in [0, 0.1) is 0 Å². The topological polar surface area (TPSA) is 121 Å². The molecule has 0 fully saturated rings. The van der Waals surface area contributed by atoms with Gasteiger partial charge in [-0.3, -0.25) is 0 Å². The van der Waals surface area contributed by atoms with Gasteiger partial charge in [0.1, 0.15) is 10.9 Å². The van der Waals surface area contributed by atoms with E-state index in [1.165, 1.54) is 6.66 Å². The summed E-state index contributed by atoms with van der Waals surface area (Å²) in [4.78, 5) is 16.9. The van der Waals surface area contributed by atoms with E-state index >= 15 is 0 Å². The zero-order valence-corrected chi connectivity index (χ0v) is 9.93. The second-order valence-electron chi connectivity index (χ2n) is 1.31. The van der Waals surface area contributed by atoms with Crippen LogP contribution >= 0.6 is 16.3 Å². The number of rotatable bonds is 3. The first kappa shape index (κ1) is 18.9. The molecule has 0 amide bonds. The van der Waals surface area contributed by atoms with Crippen LogP contribution in [0.1, 0.15) is 0 Å². The molecule has 7 nitrogen and oxygen atoms in total. The molecule has 0 saturated heterocycles. The maximum Gasteiger partial charge on any atom is 0.742 e. The SMILES string of the molecule is C[P+](=O)O[P+](=O)O.O=C(O)CO.[Ti]. The van der Waals surface area contributed by atoms with Crippen LogP contribution in [0.15, 0.2) is 0 Å². The van der Waals surface area contributed by atoms with E-state index in [-0.39, 0.29) is 21.7 Å². The number of carboxylic acid groups (broad SMARTS) is 1. The maximum atomic E-state index is 9.84. The minimum Gasteiger partial charge on any atom is -0.480 e. The van der Waals surface area contributed by atoms with Crippen molar-refractivity contribution < 1.29 is 55.1 Å². The van der Waals surface area contributed by atoms with Gasteiger partial charge in [-0.25, -0.2) is 4.79 Å². The summed E-state index contributed by atoms with van der Waals surface area (Å²) in [6.07, 6.45) is 0. The van der Waals surface area contributed by atoms with Gasteiger partial charge in [-0.1, -0.05) is 0 Å². The second-order valence-corrected chi connectivity index (χ2v) is 3.32. The Balaban J connectivity index is -0.000000150. The Morgan fingerprint density at radius 1 is 1.46 bits per heavy atom. The van der Waals surface area contributed by atoms with Crippen LogP contribution in [0.25, 0.3) is 0 Å². The molecule has 0 saturated carbocycles. The van der Waals surface area contributed by atoms with Crippen molar-refractivity contribution >= 4 is 22.3 Å². The molecular weight excluding hydrogens is 258 g/mol. The van der Waals surface area contributed by atoms with E-state index in [1.54, 1.807) is 0 Å². The van der Waals surface area contributed by atoms with Crippen LogP contribution in [-0.2, 0) is 40.0 Å². The fourth-order valence-electron chi connectivity index (χ4n) is 0.0984. The molecular formula is C3H8O7P2Ti+2. The van der Waals surface area contributed by atoms with Crippen LogP contribution in [0.3, 0.4) is 0 Å². The van der Waals surface area contributed by atoms with Crippen molar-refractivity contribution in [2.45, 2.75) is 0 Å². The van der Waals surface area contributed by atoms with E-state index in [4.69, 9.17) is 19.9 Å². The third-order valence-electron chi connectivity index (χ3n) is 0.320. The van der Waals surface area contributed by atoms with Crippen LogP contribution < -0.4 is 0 Å². The van der Waals surface area contributed by atoms with E-state index < -0.39 is 28.9 Å². The molecule has 74 valence electrons. The Morgan fingerprint density at radius 2 is 1.77 bits per heavy atom. The van der Waals surface area contributed by atoms with E-state index in [1.807, 2.05) is 0 Å². The molecule has 2 atom stereocenters. The van der Waals surface area contributed by atoms with Gasteiger partial charge in [0.25, 0.3) is 0 Å². The summed E-state index contributed by atoms with van der Waals surface area (Å²) >= 11 is 0. The van der Waals surface area contributed by atoms with Crippen molar-refractivity contribution in [1.29, 1.82) is 0 Å². The molecule has 10 heteroatoms. The fraction of sp³-hybridized carbons (Fsp3) is 0.667. The number of hydrogen-bond donors (Lipinski definition) is 3. The first-order chi connectivity index (χ1) is 5.40. The first-order valence-corrected chi connectivity index (χ1v) is 5.23. The Labute approximate surface area is 90.8 Å². The molecule has 0 aliphatic rings. The second kappa shape index (κ2) is 12.3. The molecule has 0 aromatic carbocycles. The summed E-state index contributed by atoms with van der Waals surface area (Å²) in [6.45, 7) is 0.429. The zero-order chi connectivity index (χ0) is 10.1. The average Bonchev–Trinajstić information content (AvgIpc) is 1.85. The number of aliphatic carboxylic acids is 1. The molecule has 2 unspecified atom stereocenters. The van der Waals surface area contributed by atoms with Crippen molar-refractivity contribution in [3.63, 3.8) is 0 Å². The molecule has 0 aliphatic carbocycles. The molecule has 0 heterocycles. The molecule has 0 spiro atoms. The van der Waals surface area contributed by atoms with Crippen molar-refractivity contribution in [1.82, 2.24) is 0 Å². The molecule has 0 aliphatic heterocycles. The zero-order valence-electron chi connectivity index (χ0n) is 6.58. The van der Waals surface area contributed by atoms with Crippen molar-refractivity contribution in [3.05, 3.63) is 0 Å². The van der Waals surface area contributed by atoms with E-state index in [0.29, 0.717) is 0 Å². The third kappa shape index (κ3) is 32.9. The van der Waals surface area contributed by atoms with Gasteiger partial charge in [0.15, 0.2) is 6.66 Å². The van der Waals surface area contributed by atoms with Gasteiger partial charge in [-0.05, 0) is 4.57 Å². The van der Waals surface area contributed by atoms with Crippen LogP contribution in [0.4, 0.5) is 0 Å². The molecule has 13 heavy (non-hydrogen) atoms. The molecule has 3 N–H and O–H groups in total. The molecule has 0 aromatic heterocycles. The number of hydrogen-bond acceptors (Lipinski definition) is 5. The minimum absolute atomic E-state index is 0. The Bertz CT molecular complexity index is 171. The maximum absolute atomic E-state index is 9.84. The molecule has 0 rings (SSSR count). The summed E-state index contributed by atoms with van der Waals surface area (Å²) in [5.41, 5.74) is 0. The molecule has 0 aromatic rings. The van der Waals surface area contributed by atoms with Gasteiger partial charge in [0, 0.05) is 26.3 Å². The Hall–Kier alpha value is 0.264. The molecule has 0 bridgehead atoms. The standard InChI is InChI=1S/C2H4O3.CH3O4P2.Ti/c3-1-2(4)5;1-6(2)5-7(3)4;/h3H,1H2,(H,4,5);1H3;/q;+1;/p+1. The van der Waals surface area contributed by atoms with Crippen LogP contribution in [0.2, 0.25) is 0 Å². The minimum atomic E-state index is -2.67. The monoisotopic (exact) mass is 266 g/mol. The van der Waals surface area contributed by atoms with Gasteiger partial charge in [-0.15, -0.1) is 4.89 Å². The van der Waals surface area contributed by atoms with Crippen LogP contribution in [-0.4, -0.2) is 34.3 Å². The van der Waals surface area contributed by atoms with E-state index in [2.05, 4.69) is 4.31 Å². The Morgan fingerprint density at radius 3 is 1.77 bits per heavy atom. The summed E-state index contributed by atoms with van der Waals surface area (Å²) in [6, 6.07) is 0. The number of aliphatic hydroxyl groups excluding tert-OH is 1. The molecule has 0 radical (unpaired) electrons. The number of carboxylic acids is 1. The smallest absolute Gasteiger partial charge is 0.480 e. The van der Waals surface area contributed by atoms with Gasteiger partial charge < -0.3 is 10.2 Å². The summed E-state index contributed by atoms with van der Waals surface area (Å²) in [5.74, 6) is -1.19. The predicted molar refractivity (Wildman–Crippen MR) is 39.2 cm³/mol. The van der Waals surface area contributed by atoms with Gasteiger partial charge in [0.05, 0.1) is 0 Å². The number of carbonyl (C=O) groups is 1. The summed E-state index contributed by atoms with van der Waals surface area (Å²) in [7, 11) is -4.60. The van der Waals surface area contributed by atoms with Crippen molar-refractivity contribution in [3.8, 4) is 0 Å². The van der Waals surface area contributed by atoms with Crippen molar-refractivity contribution in [2.75, 3.05) is 13.3 Å². The van der Waals surface area contributed by atoms with Crippen LogP contribution in [0.5, 0.6) is 0 Å². The first-order valence-electron chi connectivity index (χ1n) is 2.48. The summed E-state index contributed by atoms with van der Waals surface area (Å²) < 4.78 is 23.2. The quantitative estimate of drug-likeness (QED) is 0.488. The number of aliphatic hydroxyl groups is 1. The van der Waals surface area contributed by atoms with E-state index in [9.17, 15) is 9.13 Å². The van der Waals surface area contributed by atoms with Gasteiger partial charge >= 0.3 is 22.3 Å². The third-order valence-corrected chi connectivity index (χ3v) is 1.80. The Kier molecular flexibility index (Phi) is 17.9. The van der Waals surface area contributed by atoms with Gasteiger partial charge in [-0.2, -0.15) is 0 Å². The largest absolute Gasteiger partial charge is 0.742 e. The summed E-state index contributed by atoms with van der Waals surface area (Å²) in [5, 5.41) is 15.0. The normalized spacial score (nSPS) is 10.1. The van der Waals surface area contributed by atoms with E-state index in [0.717, 1.165) is 0 Å².